The molecule has 0 aromatic heterocycles. The highest BCUT2D eigenvalue weighted by Crippen LogP contribution is 2.27. The van der Waals surface area contributed by atoms with Gasteiger partial charge in [-0.15, -0.1) is 0 Å². The SMILES string of the molecule is CCCc1cc(O)ccc1OC(=O)C(C)(C)C. The lowest BCUT2D eigenvalue weighted by molar-refractivity contribution is -0.143. The summed E-state index contributed by atoms with van der Waals surface area (Å²) in [5, 5.41) is 9.42. The van der Waals surface area contributed by atoms with E-state index in [2.05, 4.69) is 0 Å². The number of carbonyl (C=O) groups is 1. The predicted octanol–water partition coefficient (Wildman–Crippen LogP) is 3.30. The first-order valence-electron chi connectivity index (χ1n) is 5.88. The van der Waals surface area contributed by atoms with Gasteiger partial charge in [0.25, 0.3) is 0 Å². The van der Waals surface area contributed by atoms with Crippen LogP contribution in [0.25, 0.3) is 0 Å². The van der Waals surface area contributed by atoms with Crippen molar-refractivity contribution in [2.24, 2.45) is 5.41 Å². The first-order chi connectivity index (χ1) is 7.84. The zero-order valence-corrected chi connectivity index (χ0v) is 10.9. The molecule has 0 fully saturated rings. The lowest BCUT2D eigenvalue weighted by Crippen LogP contribution is -2.25. The molecule has 1 N–H and O–H groups in total. The Morgan fingerprint density at radius 3 is 2.53 bits per heavy atom. The van der Waals surface area contributed by atoms with E-state index in [1.54, 1.807) is 12.1 Å². The van der Waals surface area contributed by atoms with Crippen LogP contribution < -0.4 is 4.74 Å². The summed E-state index contributed by atoms with van der Waals surface area (Å²) < 4.78 is 5.37. The quantitative estimate of drug-likeness (QED) is 0.647. The van der Waals surface area contributed by atoms with Gasteiger partial charge in [-0.3, -0.25) is 4.79 Å². The summed E-state index contributed by atoms with van der Waals surface area (Å²) in [6, 6.07) is 4.82. The molecule has 0 aliphatic rings. The maximum Gasteiger partial charge on any atom is 0.316 e. The van der Waals surface area contributed by atoms with Crippen LogP contribution in [0.4, 0.5) is 0 Å². The molecule has 0 saturated heterocycles. The Morgan fingerprint density at radius 2 is 2.00 bits per heavy atom. The van der Waals surface area contributed by atoms with Crippen molar-refractivity contribution >= 4 is 5.97 Å². The molecule has 3 nitrogen and oxygen atoms in total. The number of benzene rings is 1. The van der Waals surface area contributed by atoms with Gasteiger partial charge in [0.2, 0.25) is 0 Å². The lowest BCUT2D eigenvalue weighted by Gasteiger charge is -2.18. The van der Waals surface area contributed by atoms with Crippen molar-refractivity contribution in [1.29, 1.82) is 0 Å². The van der Waals surface area contributed by atoms with Crippen LogP contribution in [0, 0.1) is 5.41 Å². The molecule has 0 spiro atoms. The number of hydrogen-bond donors (Lipinski definition) is 1. The predicted molar refractivity (Wildman–Crippen MR) is 67.2 cm³/mol. The number of phenols is 1. The topological polar surface area (TPSA) is 46.5 Å². The number of rotatable bonds is 3. The average Bonchev–Trinajstić information content (AvgIpc) is 2.21. The summed E-state index contributed by atoms with van der Waals surface area (Å²) in [5.41, 5.74) is 0.339. The van der Waals surface area contributed by atoms with Gasteiger partial charge < -0.3 is 9.84 Å². The molecule has 1 aromatic carbocycles. The van der Waals surface area contributed by atoms with E-state index in [0.717, 1.165) is 18.4 Å². The molecule has 3 heteroatoms. The molecular formula is C14H20O3. The largest absolute Gasteiger partial charge is 0.508 e. The molecule has 0 aliphatic heterocycles. The Bertz CT molecular complexity index is 402. The Labute approximate surface area is 102 Å². The number of carbonyl (C=O) groups excluding carboxylic acids is 1. The minimum atomic E-state index is -0.526. The molecule has 0 bridgehead atoms. The standard InChI is InChI=1S/C14H20O3/c1-5-6-10-9-11(15)7-8-12(10)17-13(16)14(2,3)4/h7-9,15H,5-6H2,1-4H3. The second-order valence-corrected chi connectivity index (χ2v) is 5.18. The molecule has 0 heterocycles. The lowest BCUT2D eigenvalue weighted by atomic mass is 9.97. The second-order valence-electron chi connectivity index (χ2n) is 5.18. The molecule has 0 radical (unpaired) electrons. The summed E-state index contributed by atoms with van der Waals surface area (Å²) in [6.07, 6.45) is 1.71. The van der Waals surface area contributed by atoms with E-state index < -0.39 is 5.41 Å². The van der Waals surface area contributed by atoms with Gasteiger partial charge >= 0.3 is 5.97 Å². The highest BCUT2D eigenvalue weighted by Gasteiger charge is 2.24. The average molecular weight is 236 g/mol. The number of ether oxygens (including phenoxy) is 1. The van der Waals surface area contributed by atoms with Crippen molar-refractivity contribution in [1.82, 2.24) is 0 Å². The third-order valence-corrected chi connectivity index (χ3v) is 2.38. The van der Waals surface area contributed by atoms with Gasteiger partial charge in [-0.05, 0) is 51.0 Å². The summed E-state index contributed by atoms with van der Waals surface area (Å²) in [5.74, 6) is 0.481. The van der Waals surface area contributed by atoms with E-state index in [4.69, 9.17) is 4.74 Å². The van der Waals surface area contributed by atoms with Gasteiger partial charge in [0, 0.05) is 0 Å². The monoisotopic (exact) mass is 236 g/mol. The van der Waals surface area contributed by atoms with Gasteiger partial charge in [-0.2, -0.15) is 0 Å². The van der Waals surface area contributed by atoms with Crippen LogP contribution in [-0.4, -0.2) is 11.1 Å². The van der Waals surface area contributed by atoms with Crippen LogP contribution in [0.15, 0.2) is 18.2 Å². The third-order valence-electron chi connectivity index (χ3n) is 2.38. The molecule has 0 atom stereocenters. The second kappa shape index (κ2) is 5.21. The Morgan fingerprint density at radius 1 is 1.35 bits per heavy atom. The zero-order valence-electron chi connectivity index (χ0n) is 10.9. The summed E-state index contributed by atoms with van der Waals surface area (Å²) in [6.45, 7) is 7.49. The fourth-order valence-electron chi connectivity index (χ4n) is 1.38. The van der Waals surface area contributed by atoms with Crippen LogP contribution in [0.5, 0.6) is 11.5 Å². The van der Waals surface area contributed by atoms with Gasteiger partial charge in [0.05, 0.1) is 5.41 Å². The maximum atomic E-state index is 11.8. The smallest absolute Gasteiger partial charge is 0.316 e. The summed E-state index contributed by atoms with van der Waals surface area (Å²) in [4.78, 5) is 11.8. The Hall–Kier alpha value is -1.51. The highest BCUT2D eigenvalue weighted by atomic mass is 16.5. The number of aryl methyl sites for hydroxylation is 1. The van der Waals surface area contributed by atoms with Crippen molar-refractivity contribution in [3.8, 4) is 11.5 Å². The molecular weight excluding hydrogens is 216 g/mol. The van der Waals surface area contributed by atoms with Gasteiger partial charge in [-0.1, -0.05) is 13.3 Å². The van der Waals surface area contributed by atoms with Crippen molar-refractivity contribution in [3.05, 3.63) is 23.8 Å². The molecule has 0 aliphatic carbocycles. The molecule has 0 saturated carbocycles. The minimum Gasteiger partial charge on any atom is -0.508 e. The summed E-state index contributed by atoms with van der Waals surface area (Å²) >= 11 is 0. The number of phenolic OH excluding ortho intramolecular Hbond substituents is 1. The fraction of sp³-hybridized carbons (Fsp3) is 0.500. The Balaban J connectivity index is 2.94. The number of esters is 1. The summed E-state index contributed by atoms with van der Waals surface area (Å²) in [7, 11) is 0. The van der Waals surface area contributed by atoms with Gasteiger partial charge in [0.1, 0.15) is 11.5 Å². The third kappa shape index (κ3) is 3.77. The van der Waals surface area contributed by atoms with E-state index in [1.165, 1.54) is 6.07 Å². The van der Waals surface area contributed by atoms with Gasteiger partial charge in [-0.25, -0.2) is 0 Å². The van der Waals surface area contributed by atoms with Crippen molar-refractivity contribution in [2.45, 2.75) is 40.5 Å². The van der Waals surface area contributed by atoms with Crippen molar-refractivity contribution in [2.75, 3.05) is 0 Å². The maximum absolute atomic E-state index is 11.8. The van der Waals surface area contributed by atoms with Crippen LogP contribution >= 0.6 is 0 Å². The van der Waals surface area contributed by atoms with Crippen LogP contribution in [0.1, 0.15) is 39.7 Å². The molecule has 1 rings (SSSR count). The molecule has 1 aromatic rings. The molecule has 0 unspecified atom stereocenters. The Kier molecular flexibility index (Phi) is 4.16. The molecule has 17 heavy (non-hydrogen) atoms. The normalized spacial score (nSPS) is 11.3. The highest BCUT2D eigenvalue weighted by molar-refractivity contribution is 5.78. The van der Waals surface area contributed by atoms with Gasteiger partial charge in [0.15, 0.2) is 0 Å². The van der Waals surface area contributed by atoms with E-state index in [-0.39, 0.29) is 11.7 Å². The van der Waals surface area contributed by atoms with Crippen molar-refractivity contribution in [3.63, 3.8) is 0 Å². The first-order valence-corrected chi connectivity index (χ1v) is 5.88. The van der Waals surface area contributed by atoms with E-state index in [1.807, 2.05) is 27.7 Å². The van der Waals surface area contributed by atoms with Crippen molar-refractivity contribution < 1.29 is 14.6 Å². The minimum absolute atomic E-state index is 0.198. The zero-order chi connectivity index (χ0) is 13.1. The van der Waals surface area contributed by atoms with E-state index >= 15 is 0 Å². The molecule has 0 amide bonds. The van der Waals surface area contributed by atoms with Crippen LogP contribution in [0.3, 0.4) is 0 Å². The van der Waals surface area contributed by atoms with E-state index in [9.17, 15) is 9.90 Å². The number of hydrogen-bond acceptors (Lipinski definition) is 3. The first kappa shape index (κ1) is 13.6. The fourth-order valence-corrected chi connectivity index (χ4v) is 1.38. The number of aromatic hydroxyl groups is 1. The van der Waals surface area contributed by atoms with E-state index in [0.29, 0.717) is 5.75 Å². The van der Waals surface area contributed by atoms with Crippen LogP contribution in [-0.2, 0) is 11.2 Å². The molecule has 94 valence electrons. The van der Waals surface area contributed by atoms with Crippen LogP contribution in [0.2, 0.25) is 0 Å².